The summed E-state index contributed by atoms with van der Waals surface area (Å²) in [4.78, 5) is 35.1. The molecule has 1 unspecified atom stereocenters. The molecule has 2 saturated carbocycles. The Balaban J connectivity index is 1.17. The maximum Gasteiger partial charge on any atom is 0.254 e. The quantitative estimate of drug-likeness (QED) is 0.425. The van der Waals surface area contributed by atoms with E-state index < -0.39 is 11.9 Å². The SMILES string of the molecule is CC(N=CC(=CN)C(=O)NC1CC(c2cc(Cl)ccc2C#N)C1)c1ncc(N2C[C@H]3C[C@H]3C2=O)cc1F. The summed E-state index contributed by atoms with van der Waals surface area (Å²) in [7, 11) is 0. The largest absolute Gasteiger partial charge is 0.404 e. The first-order chi connectivity index (χ1) is 17.8. The number of piperidine rings is 1. The number of carbonyl (C=O) groups excluding carboxylic acids is 2. The fourth-order valence-electron chi connectivity index (χ4n) is 5.07. The van der Waals surface area contributed by atoms with Gasteiger partial charge in [0, 0.05) is 42.0 Å². The van der Waals surface area contributed by atoms with Crippen LogP contribution in [0, 0.1) is 29.0 Å². The van der Waals surface area contributed by atoms with Crippen molar-refractivity contribution in [3.8, 4) is 6.07 Å². The second-order valence-electron chi connectivity index (χ2n) is 9.87. The number of nitrogens with two attached hydrogens (primary N) is 1. The first kappa shape index (κ1) is 24.9. The number of nitrogens with one attached hydrogen (secondary N) is 1. The molecule has 190 valence electrons. The van der Waals surface area contributed by atoms with Crippen molar-refractivity contribution in [2.45, 2.75) is 44.2 Å². The Kier molecular flexibility index (Phi) is 6.69. The molecule has 0 radical (unpaired) electrons. The molecule has 1 aliphatic heterocycles. The van der Waals surface area contributed by atoms with Gasteiger partial charge in [0.25, 0.3) is 5.91 Å². The third-order valence-electron chi connectivity index (χ3n) is 7.41. The van der Waals surface area contributed by atoms with Gasteiger partial charge in [-0.15, -0.1) is 0 Å². The third kappa shape index (κ3) is 4.94. The van der Waals surface area contributed by atoms with Crippen LogP contribution in [-0.2, 0) is 9.59 Å². The van der Waals surface area contributed by atoms with Crippen molar-refractivity contribution in [1.29, 1.82) is 5.26 Å². The van der Waals surface area contributed by atoms with E-state index in [1.54, 1.807) is 30.0 Å². The number of hydrogen-bond acceptors (Lipinski definition) is 6. The smallest absolute Gasteiger partial charge is 0.254 e. The summed E-state index contributed by atoms with van der Waals surface area (Å²) in [6, 6.07) is 7.95. The monoisotopic (exact) mass is 520 g/mol. The predicted molar refractivity (Wildman–Crippen MR) is 137 cm³/mol. The molecule has 5 rings (SSSR count). The molecule has 1 aromatic carbocycles. The number of halogens is 2. The number of amides is 2. The highest BCUT2D eigenvalue weighted by Gasteiger charge is 2.52. The van der Waals surface area contributed by atoms with Gasteiger partial charge in [-0.2, -0.15) is 5.26 Å². The zero-order chi connectivity index (χ0) is 26.3. The average Bonchev–Trinajstić information content (AvgIpc) is 3.56. The van der Waals surface area contributed by atoms with Gasteiger partial charge in [-0.05, 0) is 61.8 Å². The van der Waals surface area contributed by atoms with Crippen LogP contribution < -0.4 is 16.0 Å². The molecule has 3 aliphatic rings. The van der Waals surface area contributed by atoms with Crippen molar-refractivity contribution in [2.24, 2.45) is 22.6 Å². The Labute approximate surface area is 219 Å². The van der Waals surface area contributed by atoms with E-state index in [4.69, 9.17) is 17.3 Å². The third-order valence-corrected chi connectivity index (χ3v) is 7.65. The fraction of sp³-hybridized carbons (Fsp3) is 0.370. The Morgan fingerprint density at radius 3 is 2.81 bits per heavy atom. The van der Waals surface area contributed by atoms with Gasteiger partial charge in [0.1, 0.15) is 11.5 Å². The van der Waals surface area contributed by atoms with Gasteiger partial charge >= 0.3 is 0 Å². The lowest BCUT2D eigenvalue weighted by molar-refractivity contribution is -0.119. The number of nitrogens with zero attached hydrogens (tertiary/aromatic N) is 4. The summed E-state index contributed by atoms with van der Waals surface area (Å²) >= 11 is 6.09. The second-order valence-corrected chi connectivity index (χ2v) is 10.3. The zero-order valence-corrected chi connectivity index (χ0v) is 21.0. The van der Waals surface area contributed by atoms with Gasteiger partial charge in [0.15, 0.2) is 0 Å². The van der Waals surface area contributed by atoms with Crippen LogP contribution in [0.3, 0.4) is 0 Å². The van der Waals surface area contributed by atoms with E-state index in [1.165, 1.54) is 18.5 Å². The maximum atomic E-state index is 14.8. The van der Waals surface area contributed by atoms with Gasteiger partial charge in [0.2, 0.25) is 5.91 Å². The molecular formula is C27H26ClFN6O2. The number of hydrogen-bond donors (Lipinski definition) is 2. The van der Waals surface area contributed by atoms with Crippen LogP contribution >= 0.6 is 11.6 Å². The summed E-state index contributed by atoms with van der Waals surface area (Å²) < 4.78 is 14.8. The summed E-state index contributed by atoms with van der Waals surface area (Å²) in [6.07, 6.45) is 6.23. The molecule has 2 heterocycles. The van der Waals surface area contributed by atoms with Gasteiger partial charge in [0.05, 0.1) is 35.1 Å². The van der Waals surface area contributed by atoms with Crippen LogP contribution in [0.5, 0.6) is 0 Å². The average molecular weight is 521 g/mol. The van der Waals surface area contributed by atoms with Crippen molar-refractivity contribution >= 4 is 35.3 Å². The van der Waals surface area contributed by atoms with Crippen molar-refractivity contribution in [3.05, 3.63) is 69.9 Å². The molecule has 2 aromatic rings. The Morgan fingerprint density at radius 1 is 1.38 bits per heavy atom. The lowest BCUT2D eigenvalue weighted by Gasteiger charge is -2.36. The highest BCUT2D eigenvalue weighted by molar-refractivity contribution is 6.30. The first-order valence-electron chi connectivity index (χ1n) is 12.2. The number of aromatic nitrogens is 1. The Bertz CT molecular complexity index is 1360. The van der Waals surface area contributed by atoms with Crippen LogP contribution in [0.1, 0.15) is 55.0 Å². The van der Waals surface area contributed by atoms with Crippen molar-refractivity contribution in [3.63, 3.8) is 0 Å². The van der Waals surface area contributed by atoms with E-state index in [-0.39, 0.29) is 41.0 Å². The van der Waals surface area contributed by atoms with E-state index in [2.05, 4.69) is 21.4 Å². The first-order valence-corrected chi connectivity index (χ1v) is 12.6. The normalized spacial score (nSPS) is 25.4. The van der Waals surface area contributed by atoms with Gasteiger partial charge in [-0.25, -0.2) is 4.39 Å². The number of rotatable bonds is 7. The molecule has 3 atom stereocenters. The second kappa shape index (κ2) is 9.94. The lowest BCUT2D eigenvalue weighted by Crippen LogP contribution is -2.44. The molecule has 3 N–H and O–H groups in total. The highest BCUT2D eigenvalue weighted by Crippen LogP contribution is 2.47. The Hall–Kier alpha value is -3.77. The Morgan fingerprint density at radius 2 is 2.16 bits per heavy atom. The van der Waals surface area contributed by atoms with E-state index in [9.17, 15) is 19.2 Å². The molecule has 0 bridgehead atoms. The fourth-order valence-corrected chi connectivity index (χ4v) is 5.25. The number of carbonyl (C=O) groups is 2. The van der Waals surface area contributed by atoms with Gasteiger partial charge in [-0.3, -0.25) is 19.6 Å². The number of anilines is 1. The molecule has 37 heavy (non-hydrogen) atoms. The van der Waals surface area contributed by atoms with Crippen molar-refractivity contribution < 1.29 is 14.0 Å². The zero-order valence-electron chi connectivity index (χ0n) is 20.2. The minimum absolute atomic E-state index is 0.0320. The molecular weight excluding hydrogens is 495 g/mol. The number of aliphatic imine (C=N–C) groups is 1. The van der Waals surface area contributed by atoms with E-state index in [1.807, 2.05) is 0 Å². The van der Waals surface area contributed by atoms with E-state index in [0.717, 1.165) is 18.2 Å². The molecule has 2 aliphatic carbocycles. The minimum Gasteiger partial charge on any atom is -0.404 e. The number of nitriles is 1. The summed E-state index contributed by atoms with van der Waals surface area (Å²) in [5.74, 6) is -0.318. The van der Waals surface area contributed by atoms with E-state index >= 15 is 0 Å². The molecule has 8 nitrogen and oxygen atoms in total. The molecule has 1 aromatic heterocycles. The minimum atomic E-state index is -0.667. The lowest BCUT2D eigenvalue weighted by atomic mass is 9.74. The predicted octanol–water partition coefficient (Wildman–Crippen LogP) is 3.77. The van der Waals surface area contributed by atoms with Gasteiger partial charge in [-0.1, -0.05) is 11.6 Å². The van der Waals surface area contributed by atoms with Gasteiger partial charge < -0.3 is 16.0 Å². The summed E-state index contributed by atoms with van der Waals surface area (Å²) in [6.45, 7) is 2.27. The number of pyridine rings is 1. The topological polar surface area (TPSA) is 124 Å². The van der Waals surface area contributed by atoms with Crippen LogP contribution in [-0.4, -0.2) is 35.6 Å². The molecule has 2 amide bonds. The number of benzene rings is 1. The standard InChI is InChI=1S/C27H26ClFN6O2/c1-14(25-24(29)8-21(12-33-25)35-13-17-6-23(17)27(35)37)32-11-18(10-31)26(36)34-20-4-16(5-20)22-7-19(28)3-2-15(22)9-30/h2-3,7-8,10-12,14,16-17,20,23H,4-6,13,31H2,1H3,(H,34,36)/t14?,16?,17-,20?,23-/m1/s1. The van der Waals surface area contributed by atoms with Crippen LogP contribution in [0.25, 0.3) is 0 Å². The molecule has 3 fully saturated rings. The summed E-state index contributed by atoms with van der Waals surface area (Å²) in [5.41, 5.74) is 7.85. The molecule has 1 saturated heterocycles. The molecule has 0 spiro atoms. The summed E-state index contributed by atoms with van der Waals surface area (Å²) in [5, 5.41) is 12.8. The van der Waals surface area contributed by atoms with Crippen molar-refractivity contribution in [1.82, 2.24) is 10.3 Å². The van der Waals surface area contributed by atoms with Crippen LogP contribution in [0.15, 0.2) is 47.2 Å². The maximum absolute atomic E-state index is 14.8. The molecule has 10 heteroatoms. The van der Waals surface area contributed by atoms with Crippen LogP contribution in [0.2, 0.25) is 5.02 Å². The van der Waals surface area contributed by atoms with E-state index in [0.29, 0.717) is 41.6 Å². The highest BCUT2D eigenvalue weighted by atomic mass is 35.5. The van der Waals surface area contributed by atoms with Crippen molar-refractivity contribution in [2.75, 3.05) is 11.4 Å². The number of fused-ring (bicyclic) bond motifs is 1. The van der Waals surface area contributed by atoms with Crippen LogP contribution in [0.4, 0.5) is 10.1 Å².